The van der Waals surface area contributed by atoms with Crippen LogP contribution in [-0.4, -0.2) is 35.0 Å². The highest BCUT2D eigenvalue weighted by Crippen LogP contribution is 2.30. The van der Waals surface area contributed by atoms with Gasteiger partial charge in [-0.05, 0) is 36.4 Å². The Morgan fingerprint density at radius 2 is 1.96 bits per heavy atom. The zero-order chi connectivity index (χ0) is 17.2. The number of nitrogens with zero attached hydrogens (tertiary/aromatic N) is 3. The summed E-state index contributed by atoms with van der Waals surface area (Å²) in [6, 6.07) is 12.5. The van der Waals surface area contributed by atoms with E-state index in [1.54, 1.807) is 18.3 Å². The van der Waals surface area contributed by atoms with Gasteiger partial charge in [0.1, 0.15) is 5.82 Å². The monoisotopic (exact) mass is 352 g/mol. The first-order chi connectivity index (χ1) is 12.2. The number of para-hydroxylation sites is 1. The summed E-state index contributed by atoms with van der Waals surface area (Å²) in [6.45, 7) is 3.35. The number of hydrogen-bond donors (Lipinski definition) is 1. The lowest BCUT2D eigenvalue weighted by molar-refractivity contribution is -0.119. The van der Waals surface area contributed by atoms with Gasteiger partial charge in [-0.1, -0.05) is 18.2 Å². The van der Waals surface area contributed by atoms with Crippen molar-refractivity contribution in [2.75, 3.05) is 18.0 Å². The van der Waals surface area contributed by atoms with E-state index in [-0.39, 0.29) is 11.9 Å². The van der Waals surface area contributed by atoms with Crippen LogP contribution < -0.4 is 10.2 Å². The molecule has 4 rings (SSSR count). The smallest absolute Gasteiger partial charge is 0.217 e. The predicted molar refractivity (Wildman–Crippen MR) is 102 cm³/mol. The van der Waals surface area contributed by atoms with Gasteiger partial charge in [-0.15, -0.1) is 11.3 Å². The number of piperidine rings is 1. The number of anilines is 1. The molecule has 0 atom stereocenters. The Morgan fingerprint density at radius 3 is 2.68 bits per heavy atom. The molecule has 128 valence electrons. The van der Waals surface area contributed by atoms with Crippen molar-refractivity contribution in [1.29, 1.82) is 0 Å². The second kappa shape index (κ2) is 6.80. The van der Waals surface area contributed by atoms with E-state index in [9.17, 15) is 4.79 Å². The molecule has 1 N–H and O–H groups in total. The van der Waals surface area contributed by atoms with Gasteiger partial charge >= 0.3 is 0 Å². The van der Waals surface area contributed by atoms with Gasteiger partial charge in [0, 0.05) is 31.4 Å². The number of hydrogen-bond acceptors (Lipinski definition) is 5. The highest BCUT2D eigenvalue weighted by atomic mass is 32.1. The van der Waals surface area contributed by atoms with E-state index in [2.05, 4.69) is 22.3 Å². The van der Waals surface area contributed by atoms with Crippen molar-refractivity contribution in [2.45, 2.75) is 25.8 Å². The molecule has 0 unspecified atom stereocenters. The number of aromatic nitrogens is 2. The Hall–Kier alpha value is -2.47. The molecule has 1 aliphatic rings. The molecule has 1 amide bonds. The molecule has 1 fully saturated rings. The third kappa shape index (κ3) is 3.35. The summed E-state index contributed by atoms with van der Waals surface area (Å²) in [5.41, 5.74) is 0.972. The van der Waals surface area contributed by atoms with Gasteiger partial charge in [0.2, 0.25) is 5.91 Å². The van der Waals surface area contributed by atoms with Crippen LogP contribution in [0.4, 0.5) is 5.82 Å². The lowest BCUT2D eigenvalue weighted by Gasteiger charge is -2.33. The molecule has 1 aliphatic heterocycles. The van der Waals surface area contributed by atoms with Gasteiger partial charge in [-0.3, -0.25) is 4.79 Å². The summed E-state index contributed by atoms with van der Waals surface area (Å²) < 4.78 is 0. The third-order valence-electron chi connectivity index (χ3n) is 4.53. The van der Waals surface area contributed by atoms with E-state index in [1.165, 1.54) is 0 Å². The summed E-state index contributed by atoms with van der Waals surface area (Å²) in [7, 11) is 0. The normalized spacial score (nSPS) is 15.5. The lowest BCUT2D eigenvalue weighted by atomic mass is 10.0. The van der Waals surface area contributed by atoms with Crippen LogP contribution in [0.1, 0.15) is 19.8 Å². The molecule has 5 nitrogen and oxygen atoms in total. The number of carbonyl (C=O) groups excluding carboxylic acids is 1. The van der Waals surface area contributed by atoms with Gasteiger partial charge in [0.05, 0.1) is 10.4 Å². The SMILES string of the molecule is CC(=O)NC1CCN(c2nc(-c3cccs3)nc3ccccc23)CC1. The van der Waals surface area contributed by atoms with Crippen molar-refractivity contribution in [1.82, 2.24) is 15.3 Å². The average molecular weight is 352 g/mol. The van der Waals surface area contributed by atoms with Crippen molar-refractivity contribution in [3.8, 4) is 10.7 Å². The zero-order valence-electron chi connectivity index (χ0n) is 14.1. The number of nitrogens with one attached hydrogen (secondary N) is 1. The van der Waals surface area contributed by atoms with E-state index in [0.717, 1.165) is 53.4 Å². The fourth-order valence-electron chi connectivity index (χ4n) is 3.34. The van der Waals surface area contributed by atoms with E-state index < -0.39 is 0 Å². The zero-order valence-corrected chi connectivity index (χ0v) is 14.9. The molecule has 0 aliphatic carbocycles. The van der Waals surface area contributed by atoms with Crippen molar-refractivity contribution in [2.24, 2.45) is 0 Å². The molecule has 3 aromatic rings. The fraction of sp³-hybridized carbons (Fsp3) is 0.316. The third-order valence-corrected chi connectivity index (χ3v) is 5.39. The van der Waals surface area contributed by atoms with Crippen LogP contribution in [0.2, 0.25) is 0 Å². The van der Waals surface area contributed by atoms with Gasteiger partial charge in [0.25, 0.3) is 0 Å². The molecular formula is C19H20N4OS. The van der Waals surface area contributed by atoms with E-state index in [4.69, 9.17) is 9.97 Å². The topological polar surface area (TPSA) is 58.1 Å². The Balaban J connectivity index is 1.68. The summed E-state index contributed by atoms with van der Waals surface area (Å²) in [5, 5.41) is 6.16. The Morgan fingerprint density at radius 1 is 1.16 bits per heavy atom. The van der Waals surface area contributed by atoms with E-state index in [1.807, 2.05) is 29.6 Å². The number of benzene rings is 1. The second-order valence-corrected chi connectivity index (χ2v) is 7.27. The molecule has 1 saturated heterocycles. The summed E-state index contributed by atoms with van der Waals surface area (Å²) in [6.07, 6.45) is 1.87. The number of thiophene rings is 1. The second-order valence-electron chi connectivity index (χ2n) is 6.33. The average Bonchev–Trinajstić information content (AvgIpc) is 3.16. The molecule has 0 saturated carbocycles. The minimum absolute atomic E-state index is 0.0471. The maximum Gasteiger partial charge on any atom is 0.217 e. The predicted octanol–water partition coefficient (Wildman–Crippen LogP) is 3.46. The first kappa shape index (κ1) is 16.0. The van der Waals surface area contributed by atoms with Crippen LogP contribution in [-0.2, 0) is 4.79 Å². The maximum absolute atomic E-state index is 11.3. The van der Waals surface area contributed by atoms with Crippen molar-refractivity contribution < 1.29 is 4.79 Å². The maximum atomic E-state index is 11.3. The summed E-state index contributed by atoms with van der Waals surface area (Å²) in [4.78, 5) is 24.3. The van der Waals surface area contributed by atoms with Crippen LogP contribution in [0.5, 0.6) is 0 Å². The van der Waals surface area contributed by atoms with Gasteiger partial charge < -0.3 is 10.2 Å². The summed E-state index contributed by atoms with van der Waals surface area (Å²) >= 11 is 1.66. The Labute approximate surface area is 150 Å². The van der Waals surface area contributed by atoms with Crippen LogP contribution in [0.15, 0.2) is 41.8 Å². The Bertz CT molecular complexity index is 886. The molecule has 0 spiro atoms. The van der Waals surface area contributed by atoms with Gasteiger partial charge in [-0.25, -0.2) is 9.97 Å². The van der Waals surface area contributed by atoms with Gasteiger partial charge in [0.15, 0.2) is 5.82 Å². The molecular weight excluding hydrogens is 332 g/mol. The van der Waals surface area contributed by atoms with E-state index >= 15 is 0 Å². The number of rotatable bonds is 3. The number of amides is 1. The standard InChI is InChI=1S/C19H20N4OS/c1-13(24)20-14-8-10-23(11-9-14)19-15-5-2-3-6-16(15)21-18(22-19)17-7-4-12-25-17/h2-7,12,14H,8-11H2,1H3,(H,20,24). The minimum Gasteiger partial charge on any atom is -0.356 e. The molecule has 0 radical (unpaired) electrons. The van der Waals surface area contributed by atoms with Crippen molar-refractivity contribution >= 4 is 34.0 Å². The minimum atomic E-state index is 0.0471. The van der Waals surface area contributed by atoms with Crippen molar-refractivity contribution in [3.05, 3.63) is 41.8 Å². The fourth-order valence-corrected chi connectivity index (χ4v) is 4.00. The molecule has 3 heterocycles. The number of fused-ring (bicyclic) bond motifs is 1. The molecule has 6 heteroatoms. The number of carbonyl (C=O) groups is 1. The van der Waals surface area contributed by atoms with Crippen LogP contribution in [0.3, 0.4) is 0 Å². The van der Waals surface area contributed by atoms with Crippen LogP contribution in [0, 0.1) is 0 Å². The van der Waals surface area contributed by atoms with Crippen molar-refractivity contribution in [3.63, 3.8) is 0 Å². The molecule has 25 heavy (non-hydrogen) atoms. The Kier molecular flexibility index (Phi) is 4.36. The highest BCUT2D eigenvalue weighted by Gasteiger charge is 2.23. The lowest BCUT2D eigenvalue weighted by Crippen LogP contribution is -2.44. The van der Waals surface area contributed by atoms with Crippen LogP contribution >= 0.6 is 11.3 Å². The van der Waals surface area contributed by atoms with Gasteiger partial charge in [-0.2, -0.15) is 0 Å². The highest BCUT2D eigenvalue weighted by molar-refractivity contribution is 7.13. The quantitative estimate of drug-likeness (QED) is 0.784. The first-order valence-electron chi connectivity index (χ1n) is 8.53. The largest absolute Gasteiger partial charge is 0.356 e. The molecule has 0 bridgehead atoms. The summed E-state index contributed by atoms with van der Waals surface area (Å²) in [5.74, 6) is 1.83. The van der Waals surface area contributed by atoms with E-state index in [0.29, 0.717) is 0 Å². The molecule has 2 aromatic heterocycles. The van der Waals surface area contributed by atoms with Crippen LogP contribution in [0.25, 0.3) is 21.6 Å². The molecule has 1 aromatic carbocycles. The first-order valence-corrected chi connectivity index (χ1v) is 9.41.